The second-order valence-electron chi connectivity index (χ2n) is 6.46. The van der Waals surface area contributed by atoms with Crippen molar-refractivity contribution in [2.45, 2.75) is 6.18 Å². The van der Waals surface area contributed by atoms with Crippen molar-refractivity contribution in [3.63, 3.8) is 0 Å². The van der Waals surface area contributed by atoms with Crippen LogP contribution in [0.2, 0.25) is 0 Å². The normalized spacial score (nSPS) is 11.5. The molecule has 8 heteroatoms. The van der Waals surface area contributed by atoms with Crippen LogP contribution in [-0.4, -0.2) is 18.0 Å². The standard InChI is InChI=1S/C22H15F3N2O2S/c1-29-17-9-10-18-19(12-17)30-21(27-18)13-5-7-16(8-6-13)26-20(28)14-3-2-4-15(11-14)22(23,24)25/h2-12H,1H3,(H,26,28). The van der Waals surface area contributed by atoms with Gasteiger partial charge >= 0.3 is 6.18 Å². The van der Waals surface area contributed by atoms with E-state index in [4.69, 9.17) is 4.74 Å². The van der Waals surface area contributed by atoms with E-state index >= 15 is 0 Å². The third kappa shape index (κ3) is 4.13. The van der Waals surface area contributed by atoms with E-state index in [1.54, 1.807) is 31.4 Å². The van der Waals surface area contributed by atoms with Crippen LogP contribution < -0.4 is 10.1 Å². The molecule has 152 valence electrons. The van der Waals surface area contributed by atoms with Crippen LogP contribution in [0.25, 0.3) is 20.8 Å². The Labute approximate surface area is 174 Å². The van der Waals surface area contributed by atoms with Crippen LogP contribution in [0.15, 0.2) is 66.7 Å². The van der Waals surface area contributed by atoms with Crippen LogP contribution in [0.1, 0.15) is 15.9 Å². The van der Waals surface area contributed by atoms with Gasteiger partial charge in [-0.05, 0) is 60.7 Å². The Morgan fingerprint density at radius 3 is 2.50 bits per heavy atom. The summed E-state index contributed by atoms with van der Waals surface area (Å²) in [6.07, 6.45) is -4.50. The Morgan fingerprint density at radius 1 is 1.03 bits per heavy atom. The third-order valence-corrected chi connectivity index (χ3v) is 5.50. The summed E-state index contributed by atoms with van der Waals surface area (Å²) in [6, 6.07) is 16.9. The van der Waals surface area contributed by atoms with Crippen molar-refractivity contribution in [1.29, 1.82) is 0 Å². The van der Waals surface area contributed by atoms with Crippen molar-refractivity contribution in [2.24, 2.45) is 0 Å². The average Bonchev–Trinajstić information content (AvgIpc) is 3.17. The number of halogens is 3. The summed E-state index contributed by atoms with van der Waals surface area (Å²) in [7, 11) is 1.61. The first-order chi connectivity index (χ1) is 14.3. The molecule has 0 spiro atoms. The van der Waals surface area contributed by atoms with Gasteiger partial charge in [0, 0.05) is 16.8 Å². The third-order valence-electron chi connectivity index (χ3n) is 4.44. The molecule has 0 fully saturated rings. The van der Waals surface area contributed by atoms with Gasteiger partial charge in [-0.1, -0.05) is 6.07 Å². The summed E-state index contributed by atoms with van der Waals surface area (Å²) in [5.74, 6) is 0.145. The first-order valence-corrected chi connectivity index (χ1v) is 9.69. The molecule has 30 heavy (non-hydrogen) atoms. The predicted molar refractivity (Wildman–Crippen MR) is 111 cm³/mol. The number of amides is 1. The summed E-state index contributed by atoms with van der Waals surface area (Å²) < 4.78 is 44.7. The zero-order chi connectivity index (χ0) is 21.3. The maximum absolute atomic E-state index is 12.8. The Balaban J connectivity index is 1.52. The molecule has 0 bridgehead atoms. The lowest BCUT2D eigenvalue weighted by Gasteiger charge is -2.09. The Bertz CT molecular complexity index is 1220. The van der Waals surface area contributed by atoms with Crippen molar-refractivity contribution in [3.05, 3.63) is 77.9 Å². The van der Waals surface area contributed by atoms with Gasteiger partial charge in [0.1, 0.15) is 10.8 Å². The first-order valence-electron chi connectivity index (χ1n) is 8.87. The highest BCUT2D eigenvalue weighted by Crippen LogP contribution is 2.33. The number of fused-ring (bicyclic) bond motifs is 1. The molecule has 1 heterocycles. The van der Waals surface area contributed by atoms with E-state index in [-0.39, 0.29) is 5.56 Å². The lowest BCUT2D eigenvalue weighted by Crippen LogP contribution is -2.13. The maximum Gasteiger partial charge on any atom is 0.416 e. The van der Waals surface area contributed by atoms with Crippen LogP contribution in [0.3, 0.4) is 0 Å². The molecule has 0 saturated carbocycles. The number of benzene rings is 3. The zero-order valence-corrected chi connectivity index (χ0v) is 16.5. The van der Waals surface area contributed by atoms with Gasteiger partial charge in [0.25, 0.3) is 5.91 Å². The Hall–Kier alpha value is -3.39. The Morgan fingerprint density at radius 2 is 1.80 bits per heavy atom. The molecule has 4 rings (SSSR count). The molecule has 0 atom stereocenters. The number of rotatable bonds is 4. The van der Waals surface area contributed by atoms with Gasteiger partial charge in [0.05, 0.1) is 22.9 Å². The van der Waals surface area contributed by atoms with Crippen LogP contribution in [0.5, 0.6) is 5.75 Å². The van der Waals surface area contributed by atoms with Gasteiger partial charge in [-0.15, -0.1) is 11.3 Å². The number of ether oxygens (including phenoxy) is 1. The number of nitrogens with one attached hydrogen (secondary N) is 1. The largest absolute Gasteiger partial charge is 0.497 e. The fourth-order valence-corrected chi connectivity index (χ4v) is 3.89. The molecule has 0 saturated heterocycles. The van der Waals surface area contributed by atoms with E-state index in [1.807, 2.05) is 18.2 Å². The van der Waals surface area contributed by atoms with Crippen molar-refractivity contribution < 1.29 is 22.7 Å². The second kappa shape index (κ2) is 7.79. The molecule has 4 nitrogen and oxygen atoms in total. The quantitative estimate of drug-likeness (QED) is 0.418. The van der Waals surface area contributed by atoms with E-state index in [2.05, 4.69) is 10.3 Å². The minimum Gasteiger partial charge on any atom is -0.497 e. The van der Waals surface area contributed by atoms with Crippen LogP contribution in [-0.2, 0) is 6.18 Å². The van der Waals surface area contributed by atoms with Crippen LogP contribution in [0.4, 0.5) is 18.9 Å². The van der Waals surface area contributed by atoms with E-state index in [1.165, 1.54) is 23.5 Å². The zero-order valence-electron chi connectivity index (χ0n) is 15.7. The second-order valence-corrected chi connectivity index (χ2v) is 7.49. The number of hydrogen-bond acceptors (Lipinski definition) is 4. The van der Waals surface area contributed by atoms with Crippen LogP contribution in [0, 0.1) is 0 Å². The van der Waals surface area contributed by atoms with Gasteiger partial charge in [-0.25, -0.2) is 4.98 Å². The van der Waals surface area contributed by atoms with Gasteiger partial charge in [-0.3, -0.25) is 4.79 Å². The van der Waals surface area contributed by atoms with Crippen LogP contribution >= 0.6 is 11.3 Å². The topological polar surface area (TPSA) is 51.2 Å². The Kier molecular flexibility index (Phi) is 5.17. The van der Waals surface area contributed by atoms with Crippen molar-refractivity contribution in [3.8, 4) is 16.3 Å². The average molecular weight is 428 g/mol. The summed E-state index contributed by atoms with van der Waals surface area (Å²) in [5, 5.41) is 3.43. The van der Waals surface area contributed by atoms with Gasteiger partial charge < -0.3 is 10.1 Å². The number of aromatic nitrogens is 1. The number of hydrogen-bond donors (Lipinski definition) is 1. The number of alkyl halides is 3. The number of carbonyl (C=O) groups excluding carboxylic acids is 1. The smallest absolute Gasteiger partial charge is 0.416 e. The van der Waals surface area contributed by atoms with E-state index < -0.39 is 17.6 Å². The number of carbonyl (C=O) groups is 1. The molecule has 1 amide bonds. The number of thiazole rings is 1. The van der Waals surface area contributed by atoms with Gasteiger partial charge in [0.15, 0.2) is 0 Å². The summed E-state index contributed by atoms with van der Waals surface area (Å²) >= 11 is 1.52. The molecule has 1 aromatic heterocycles. The number of anilines is 1. The van der Waals surface area contributed by atoms with E-state index in [0.717, 1.165) is 38.7 Å². The van der Waals surface area contributed by atoms with Crippen molar-refractivity contribution >= 4 is 33.1 Å². The van der Waals surface area contributed by atoms with Crippen molar-refractivity contribution in [1.82, 2.24) is 4.98 Å². The minimum absolute atomic E-state index is 0.0611. The van der Waals surface area contributed by atoms with E-state index in [9.17, 15) is 18.0 Å². The maximum atomic E-state index is 12.8. The fourth-order valence-electron chi connectivity index (χ4n) is 2.89. The molecule has 0 unspecified atom stereocenters. The molecule has 3 aromatic carbocycles. The molecule has 0 aliphatic heterocycles. The highest BCUT2D eigenvalue weighted by atomic mass is 32.1. The van der Waals surface area contributed by atoms with Gasteiger partial charge in [0.2, 0.25) is 0 Å². The number of methoxy groups -OCH3 is 1. The number of nitrogens with zero attached hydrogens (tertiary/aromatic N) is 1. The SMILES string of the molecule is COc1ccc2nc(-c3ccc(NC(=O)c4cccc(C(F)(F)F)c4)cc3)sc2c1. The highest BCUT2D eigenvalue weighted by molar-refractivity contribution is 7.21. The molecule has 4 aromatic rings. The lowest BCUT2D eigenvalue weighted by atomic mass is 10.1. The van der Waals surface area contributed by atoms with Gasteiger partial charge in [-0.2, -0.15) is 13.2 Å². The fraction of sp³-hybridized carbons (Fsp3) is 0.0909. The minimum atomic E-state index is -4.50. The summed E-state index contributed by atoms with van der Waals surface area (Å²) in [4.78, 5) is 16.9. The monoisotopic (exact) mass is 428 g/mol. The van der Waals surface area contributed by atoms with Crippen molar-refractivity contribution in [2.75, 3.05) is 12.4 Å². The lowest BCUT2D eigenvalue weighted by molar-refractivity contribution is -0.137. The first kappa shape index (κ1) is 19.9. The van der Waals surface area contributed by atoms with E-state index in [0.29, 0.717) is 5.69 Å². The molecular formula is C22H15F3N2O2S. The molecule has 1 N–H and O–H groups in total. The summed E-state index contributed by atoms with van der Waals surface area (Å²) in [6.45, 7) is 0. The molecular weight excluding hydrogens is 413 g/mol. The summed E-state index contributed by atoms with van der Waals surface area (Å²) in [5.41, 5.74) is 1.28. The molecule has 0 radical (unpaired) electrons. The highest BCUT2D eigenvalue weighted by Gasteiger charge is 2.30. The predicted octanol–water partition coefficient (Wildman–Crippen LogP) is 6.24. The molecule has 0 aliphatic carbocycles. The molecule has 0 aliphatic rings.